The summed E-state index contributed by atoms with van der Waals surface area (Å²) in [5.41, 5.74) is -0.0606. The second-order valence-corrected chi connectivity index (χ2v) is 5.99. The van der Waals surface area contributed by atoms with E-state index in [2.05, 4.69) is 42.6 Å². The first-order valence-corrected chi connectivity index (χ1v) is 7.97. The average Bonchev–Trinajstić information content (AvgIpc) is 2.46. The molecule has 126 valence electrons. The van der Waals surface area contributed by atoms with Crippen molar-refractivity contribution in [2.45, 2.75) is 70.8 Å². The molecule has 0 spiro atoms. The van der Waals surface area contributed by atoms with Gasteiger partial charge in [0.25, 0.3) is 0 Å². The minimum absolute atomic E-state index is 0.00602. The summed E-state index contributed by atoms with van der Waals surface area (Å²) in [6.07, 6.45) is -0.743. The van der Waals surface area contributed by atoms with Crippen molar-refractivity contribution >= 4 is 0 Å². The number of ether oxygens (including phenoxy) is 1. The highest BCUT2D eigenvalue weighted by Gasteiger charge is 2.44. The van der Waals surface area contributed by atoms with Crippen LogP contribution in [0.4, 0.5) is 13.2 Å². The lowest BCUT2D eigenvalue weighted by molar-refractivity contribution is -0.325. The smallest absolute Gasteiger partial charge is 0.308 e. The van der Waals surface area contributed by atoms with Gasteiger partial charge in [0.2, 0.25) is 0 Å². The van der Waals surface area contributed by atoms with E-state index in [4.69, 9.17) is 0 Å². The molecule has 0 bridgehead atoms. The molecule has 1 aliphatic rings. The van der Waals surface area contributed by atoms with Crippen molar-refractivity contribution in [1.29, 1.82) is 0 Å². The van der Waals surface area contributed by atoms with Crippen LogP contribution in [0.15, 0.2) is 0 Å². The zero-order chi connectivity index (χ0) is 16.1. The number of rotatable bonds is 7. The molecule has 0 aromatic heterocycles. The Labute approximate surface area is 126 Å². The average molecular weight is 310 g/mol. The summed E-state index contributed by atoms with van der Waals surface area (Å²) in [6, 6.07) is 0. The van der Waals surface area contributed by atoms with Gasteiger partial charge in [-0.05, 0) is 25.7 Å². The van der Waals surface area contributed by atoms with Crippen LogP contribution in [-0.2, 0) is 4.74 Å². The van der Waals surface area contributed by atoms with Gasteiger partial charge in [-0.15, -0.1) is 13.2 Å². The third-order valence-electron chi connectivity index (χ3n) is 5.25. The van der Waals surface area contributed by atoms with Gasteiger partial charge in [0.15, 0.2) is 0 Å². The van der Waals surface area contributed by atoms with Crippen molar-refractivity contribution < 1.29 is 17.9 Å². The fraction of sp³-hybridized carbons (Fsp3) is 1.00. The molecule has 21 heavy (non-hydrogen) atoms. The van der Waals surface area contributed by atoms with Crippen LogP contribution in [0.1, 0.15) is 53.4 Å². The standard InChI is InChI=1S/C15H29F3N2O/c1-5-13(6-2)12-20(9-10-21-15(16,17)18)14(7-3,8-4)11-19-13/h19H,5-12H2,1-4H3. The number of hydrogen-bond acceptors (Lipinski definition) is 3. The van der Waals surface area contributed by atoms with E-state index in [-0.39, 0.29) is 17.7 Å². The van der Waals surface area contributed by atoms with Gasteiger partial charge >= 0.3 is 6.36 Å². The van der Waals surface area contributed by atoms with Gasteiger partial charge in [0, 0.05) is 30.7 Å². The van der Waals surface area contributed by atoms with E-state index in [0.717, 1.165) is 38.8 Å². The summed E-state index contributed by atoms with van der Waals surface area (Å²) in [5.74, 6) is 0. The Morgan fingerprint density at radius 1 is 1.05 bits per heavy atom. The SMILES string of the molecule is CCC1(CC)CN(CCOC(F)(F)F)C(CC)(CC)CN1. The summed E-state index contributed by atoms with van der Waals surface area (Å²) >= 11 is 0. The summed E-state index contributed by atoms with van der Waals surface area (Å²) in [5, 5.41) is 3.66. The second kappa shape index (κ2) is 7.29. The van der Waals surface area contributed by atoms with Gasteiger partial charge in [-0.1, -0.05) is 27.7 Å². The molecule has 1 saturated heterocycles. The van der Waals surface area contributed by atoms with Crippen LogP contribution in [-0.4, -0.2) is 48.6 Å². The van der Waals surface area contributed by atoms with Crippen LogP contribution in [0, 0.1) is 0 Å². The molecule has 0 aromatic rings. The minimum atomic E-state index is -4.54. The highest BCUT2D eigenvalue weighted by atomic mass is 19.4. The van der Waals surface area contributed by atoms with E-state index >= 15 is 0 Å². The number of alkyl halides is 3. The van der Waals surface area contributed by atoms with Gasteiger partial charge in [-0.2, -0.15) is 0 Å². The van der Waals surface area contributed by atoms with Gasteiger partial charge in [-0.3, -0.25) is 9.64 Å². The van der Waals surface area contributed by atoms with E-state index in [1.54, 1.807) is 0 Å². The largest absolute Gasteiger partial charge is 0.522 e. The van der Waals surface area contributed by atoms with Gasteiger partial charge in [0.1, 0.15) is 0 Å². The predicted molar refractivity (Wildman–Crippen MR) is 78.2 cm³/mol. The number of halogens is 3. The third-order valence-corrected chi connectivity index (χ3v) is 5.25. The normalized spacial score (nSPS) is 22.4. The number of hydrogen-bond donors (Lipinski definition) is 1. The highest BCUT2D eigenvalue weighted by molar-refractivity contribution is 5.03. The van der Waals surface area contributed by atoms with Crippen LogP contribution >= 0.6 is 0 Å². The fourth-order valence-corrected chi connectivity index (χ4v) is 3.31. The Bertz CT molecular complexity index is 313. The zero-order valence-electron chi connectivity index (χ0n) is 13.6. The Morgan fingerprint density at radius 3 is 2.05 bits per heavy atom. The molecular weight excluding hydrogens is 281 g/mol. The van der Waals surface area contributed by atoms with Crippen molar-refractivity contribution in [3.05, 3.63) is 0 Å². The topological polar surface area (TPSA) is 24.5 Å². The number of piperazine rings is 1. The maximum Gasteiger partial charge on any atom is 0.522 e. The number of nitrogens with zero attached hydrogens (tertiary/aromatic N) is 1. The van der Waals surface area contributed by atoms with Gasteiger partial charge < -0.3 is 5.32 Å². The monoisotopic (exact) mass is 310 g/mol. The first-order chi connectivity index (χ1) is 9.76. The maximum atomic E-state index is 12.2. The Morgan fingerprint density at radius 2 is 1.62 bits per heavy atom. The van der Waals surface area contributed by atoms with Crippen molar-refractivity contribution in [1.82, 2.24) is 10.2 Å². The Kier molecular flexibility index (Phi) is 6.50. The van der Waals surface area contributed by atoms with Gasteiger partial charge in [-0.25, -0.2) is 0 Å². The van der Waals surface area contributed by atoms with Crippen LogP contribution in [0.2, 0.25) is 0 Å². The quantitative estimate of drug-likeness (QED) is 0.778. The summed E-state index contributed by atoms with van der Waals surface area (Å²) < 4.78 is 40.6. The molecule has 1 fully saturated rings. The number of nitrogens with one attached hydrogen (secondary N) is 1. The summed E-state index contributed by atoms with van der Waals surface area (Å²) in [7, 11) is 0. The molecule has 0 aliphatic carbocycles. The molecule has 3 nitrogen and oxygen atoms in total. The minimum Gasteiger partial charge on any atom is -0.308 e. The molecule has 6 heteroatoms. The van der Waals surface area contributed by atoms with E-state index in [0.29, 0.717) is 6.54 Å². The fourth-order valence-electron chi connectivity index (χ4n) is 3.31. The molecule has 0 aromatic carbocycles. The third kappa shape index (κ3) is 4.57. The molecule has 0 unspecified atom stereocenters. The van der Waals surface area contributed by atoms with Crippen molar-refractivity contribution in [2.75, 3.05) is 26.2 Å². The first-order valence-electron chi connectivity index (χ1n) is 7.97. The first kappa shape index (κ1) is 18.7. The van der Waals surface area contributed by atoms with Crippen LogP contribution in [0.3, 0.4) is 0 Å². The molecule has 0 radical (unpaired) electrons. The zero-order valence-corrected chi connectivity index (χ0v) is 13.6. The molecule has 0 amide bonds. The Balaban J connectivity index is 2.79. The van der Waals surface area contributed by atoms with Crippen LogP contribution in [0.25, 0.3) is 0 Å². The molecule has 0 saturated carbocycles. The second-order valence-electron chi connectivity index (χ2n) is 5.99. The predicted octanol–water partition coefficient (Wildman–Crippen LogP) is 3.55. The summed E-state index contributed by atoms with van der Waals surface area (Å²) in [4.78, 5) is 2.21. The Hall–Kier alpha value is -0.330. The van der Waals surface area contributed by atoms with Crippen molar-refractivity contribution in [3.8, 4) is 0 Å². The van der Waals surface area contributed by atoms with Crippen LogP contribution < -0.4 is 5.32 Å². The van der Waals surface area contributed by atoms with Crippen LogP contribution in [0.5, 0.6) is 0 Å². The lowest BCUT2D eigenvalue weighted by atomic mass is 9.80. The highest BCUT2D eigenvalue weighted by Crippen LogP contribution is 2.32. The lowest BCUT2D eigenvalue weighted by Gasteiger charge is -2.54. The van der Waals surface area contributed by atoms with Crippen molar-refractivity contribution in [3.63, 3.8) is 0 Å². The molecule has 0 atom stereocenters. The lowest BCUT2D eigenvalue weighted by Crippen LogP contribution is -2.69. The van der Waals surface area contributed by atoms with Crippen molar-refractivity contribution in [2.24, 2.45) is 0 Å². The van der Waals surface area contributed by atoms with E-state index in [1.165, 1.54) is 0 Å². The molecule has 1 aliphatic heterocycles. The summed E-state index contributed by atoms with van der Waals surface area (Å²) in [6.45, 7) is 10.1. The van der Waals surface area contributed by atoms with E-state index in [1.807, 2.05) is 0 Å². The molecule has 1 rings (SSSR count). The molecule has 1 N–H and O–H groups in total. The van der Waals surface area contributed by atoms with E-state index in [9.17, 15) is 13.2 Å². The molecular formula is C15H29F3N2O. The van der Waals surface area contributed by atoms with E-state index < -0.39 is 6.36 Å². The van der Waals surface area contributed by atoms with Gasteiger partial charge in [0.05, 0.1) is 6.61 Å². The maximum absolute atomic E-state index is 12.2. The molecule has 1 heterocycles.